The lowest BCUT2D eigenvalue weighted by atomic mass is 10.1. The van der Waals surface area contributed by atoms with Crippen molar-refractivity contribution in [3.63, 3.8) is 0 Å². The van der Waals surface area contributed by atoms with E-state index < -0.39 is 11.9 Å². The van der Waals surface area contributed by atoms with Crippen LogP contribution in [0.2, 0.25) is 0 Å². The van der Waals surface area contributed by atoms with Gasteiger partial charge in [0.2, 0.25) is 5.91 Å². The van der Waals surface area contributed by atoms with Gasteiger partial charge in [0.1, 0.15) is 11.9 Å². The standard InChI is InChI=1S/C19H18FN3OS/c1-12(19(24)23-17-6-4-3-5-16(17)20)21-15-9-7-14(8-10-15)18-11-25-13(2)22-18/h3-12,21H,1-2H3,(H,23,24)/t12-/m1/s1. The smallest absolute Gasteiger partial charge is 0.246 e. The van der Waals surface area contributed by atoms with Crippen LogP contribution in [0, 0.1) is 12.7 Å². The van der Waals surface area contributed by atoms with Crippen LogP contribution < -0.4 is 10.6 Å². The predicted molar refractivity (Wildman–Crippen MR) is 100 cm³/mol. The van der Waals surface area contributed by atoms with Crippen LogP contribution in [0.3, 0.4) is 0 Å². The topological polar surface area (TPSA) is 54.0 Å². The first kappa shape index (κ1) is 17.1. The third-order valence-electron chi connectivity index (χ3n) is 3.71. The molecule has 2 N–H and O–H groups in total. The van der Waals surface area contributed by atoms with Gasteiger partial charge in [-0.15, -0.1) is 11.3 Å². The minimum atomic E-state index is -0.507. The number of carbonyl (C=O) groups is 1. The van der Waals surface area contributed by atoms with E-state index in [1.165, 1.54) is 12.1 Å². The first-order valence-electron chi connectivity index (χ1n) is 7.87. The Morgan fingerprint density at radius 3 is 2.52 bits per heavy atom. The molecule has 0 aliphatic heterocycles. The molecule has 3 rings (SSSR count). The summed E-state index contributed by atoms with van der Waals surface area (Å²) in [7, 11) is 0. The molecule has 3 aromatic rings. The summed E-state index contributed by atoms with van der Waals surface area (Å²) >= 11 is 1.61. The van der Waals surface area contributed by atoms with Gasteiger partial charge >= 0.3 is 0 Å². The molecule has 1 amide bonds. The summed E-state index contributed by atoms with van der Waals surface area (Å²) in [6.45, 7) is 3.70. The number of thiazole rings is 1. The molecule has 1 heterocycles. The summed E-state index contributed by atoms with van der Waals surface area (Å²) in [5, 5.41) is 8.74. The van der Waals surface area contributed by atoms with Crippen molar-refractivity contribution in [2.75, 3.05) is 10.6 Å². The van der Waals surface area contributed by atoms with E-state index in [4.69, 9.17) is 0 Å². The Bertz CT molecular complexity index is 876. The lowest BCUT2D eigenvalue weighted by Crippen LogP contribution is -2.32. The monoisotopic (exact) mass is 355 g/mol. The zero-order valence-corrected chi connectivity index (χ0v) is 14.7. The molecule has 0 saturated heterocycles. The second-order valence-corrected chi connectivity index (χ2v) is 6.73. The van der Waals surface area contributed by atoms with E-state index in [-0.39, 0.29) is 11.6 Å². The van der Waals surface area contributed by atoms with Crippen molar-refractivity contribution < 1.29 is 9.18 Å². The van der Waals surface area contributed by atoms with Crippen LogP contribution in [-0.4, -0.2) is 16.9 Å². The molecule has 4 nitrogen and oxygen atoms in total. The summed E-state index contributed by atoms with van der Waals surface area (Å²) in [4.78, 5) is 16.7. The van der Waals surface area contributed by atoms with Crippen molar-refractivity contribution in [2.24, 2.45) is 0 Å². The van der Waals surface area contributed by atoms with Crippen molar-refractivity contribution in [3.05, 3.63) is 64.7 Å². The molecule has 128 valence electrons. The number of anilines is 2. The number of amides is 1. The Hall–Kier alpha value is -2.73. The van der Waals surface area contributed by atoms with Crippen molar-refractivity contribution >= 4 is 28.6 Å². The van der Waals surface area contributed by atoms with E-state index in [0.29, 0.717) is 0 Å². The van der Waals surface area contributed by atoms with Gasteiger partial charge in [0, 0.05) is 16.6 Å². The third kappa shape index (κ3) is 4.22. The molecular formula is C19H18FN3OS. The van der Waals surface area contributed by atoms with Crippen molar-refractivity contribution in [2.45, 2.75) is 19.9 Å². The SMILES string of the molecule is Cc1nc(-c2ccc(N[C@H](C)C(=O)Nc3ccccc3F)cc2)cs1. The third-order valence-corrected chi connectivity index (χ3v) is 4.48. The largest absolute Gasteiger partial charge is 0.374 e. The van der Waals surface area contributed by atoms with Crippen LogP contribution in [0.15, 0.2) is 53.9 Å². The second kappa shape index (κ2) is 7.44. The van der Waals surface area contributed by atoms with Gasteiger partial charge in [0.15, 0.2) is 0 Å². The minimum Gasteiger partial charge on any atom is -0.374 e. The lowest BCUT2D eigenvalue weighted by Gasteiger charge is -2.15. The molecule has 0 aliphatic rings. The predicted octanol–water partition coefficient (Wildman–Crippen LogP) is 4.70. The highest BCUT2D eigenvalue weighted by molar-refractivity contribution is 7.09. The maximum absolute atomic E-state index is 13.6. The molecule has 2 aromatic carbocycles. The summed E-state index contributed by atoms with van der Waals surface area (Å²) in [5.74, 6) is -0.754. The molecule has 0 radical (unpaired) electrons. The molecule has 25 heavy (non-hydrogen) atoms. The van der Waals surface area contributed by atoms with Gasteiger partial charge in [-0.1, -0.05) is 24.3 Å². The second-order valence-electron chi connectivity index (χ2n) is 5.66. The van der Waals surface area contributed by atoms with Crippen molar-refractivity contribution in [3.8, 4) is 11.3 Å². The van der Waals surface area contributed by atoms with E-state index in [2.05, 4.69) is 15.6 Å². The highest BCUT2D eigenvalue weighted by Crippen LogP contribution is 2.23. The number of rotatable bonds is 5. The molecule has 1 atom stereocenters. The Balaban J connectivity index is 1.63. The van der Waals surface area contributed by atoms with E-state index in [0.717, 1.165) is 22.0 Å². The van der Waals surface area contributed by atoms with Crippen LogP contribution in [0.5, 0.6) is 0 Å². The van der Waals surface area contributed by atoms with E-state index in [9.17, 15) is 9.18 Å². The summed E-state index contributed by atoms with van der Waals surface area (Å²) in [6, 6.07) is 13.3. The molecule has 0 saturated carbocycles. The van der Waals surface area contributed by atoms with Gasteiger partial charge in [-0.25, -0.2) is 9.37 Å². The van der Waals surface area contributed by atoms with Gasteiger partial charge in [-0.05, 0) is 38.1 Å². The molecule has 0 bridgehead atoms. The van der Waals surface area contributed by atoms with Crippen LogP contribution >= 0.6 is 11.3 Å². The summed E-state index contributed by atoms with van der Waals surface area (Å²) in [6.07, 6.45) is 0. The van der Waals surface area contributed by atoms with Gasteiger partial charge in [0.05, 0.1) is 16.4 Å². The Morgan fingerprint density at radius 1 is 1.16 bits per heavy atom. The fourth-order valence-electron chi connectivity index (χ4n) is 2.35. The number of halogens is 1. The zero-order chi connectivity index (χ0) is 17.8. The zero-order valence-electron chi connectivity index (χ0n) is 13.9. The molecule has 0 fully saturated rings. The maximum Gasteiger partial charge on any atom is 0.246 e. The Labute approximate surface area is 149 Å². The molecule has 1 aromatic heterocycles. The number of carbonyl (C=O) groups excluding carboxylic acids is 1. The van der Waals surface area contributed by atoms with E-state index in [1.807, 2.05) is 36.6 Å². The average molecular weight is 355 g/mol. The number of hydrogen-bond acceptors (Lipinski definition) is 4. The Kier molecular flexibility index (Phi) is 5.09. The summed E-state index contributed by atoms with van der Waals surface area (Å²) in [5.41, 5.74) is 2.96. The Morgan fingerprint density at radius 2 is 1.88 bits per heavy atom. The molecule has 6 heteroatoms. The van der Waals surface area contributed by atoms with Crippen LogP contribution in [0.4, 0.5) is 15.8 Å². The molecular weight excluding hydrogens is 337 g/mol. The average Bonchev–Trinajstić information content (AvgIpc) is 3.04. The fourth-order valence-corrected chi connectivity index (χ4v) is 2.97. The quantitative estimate of drug-likeness (QED) is 0.698. The number of nitrogens with zero attached hydrogens (tertiary/aromatic N) is 1. The van der Waals surface area contributed by atoms with Crippen molar-refractivity contribution in [1.29, 1.82) is 0 Å². The highest BCUT2D eigenvalue weighted by Gasteiger charge is 2.14. The first-order valence-corrected chi connectivity index (χ1v) is 8.75. The van der Waals surface area contributed by atoms with Crippen LogP contribution in [0.1, 0.15) is 11.9 Å². The van der Waals surface area contributed by atoms with Crippen LogP contribution in [-0.2, 0) is 4.79 Å². The highest BCUT2D eigenvalue weighted by atomic mass is 32.1. The first-order chi connectivity index (χ1) is 12.0. The van der Waals surface area contributed by atoms with Gasteiger partial charge in [-0.2, -0.15) is 0 Å². The lowest BCUT2D eigenvalue weighted by molar-refractivity contribution is -0.116. The molecule has 0 aliphatic carbocycles. The van der Waals surface area contributed by atoms with E-state index in [1.54, 1.807) is 30.4 Å². The fraction of sp³-hybridized carbons (Fsp3) is 0.158. The number of para-hydroxylation sites is 1. The van der Waals surface area contributed by atoms with Gasteiger partial charge in [0.25, 0.3) is 0 Å². The van der Waals surface area contributed by atoms with E-state index >= 15 is 0 Å². The maximum atomic E-state index is 13.6. The number of benzene rings is 2. The van der Waals surface area contributed by atoms with Crippen LogP contribution in [0.25, 0.3) is 11.3 Å². The van der Waals surface area contributed by atoms with Gasteiger partial charge < -0.3 is 10.6 Å². The number of hydrogen-bond donors (Lipinski definition) is 2. The number of nitrogens with one attached hydrogen (secondary N) is 2. The summed E-state index contributed by atoms with van der Waals surface area (Å²) < 4.78 is 13.6. The van der Waals surface area contributed by atoms with Gasteiger partial charge in [-0.3, -0.25) is 4.79 Å². The minimum absolute atomic E-state index is 0.176. The van der Waals surface area contributed by atoms with Crippen molar-refractivity contribution in [1.82, 2.24) is 4.98 Å². The normalized spacial score (nSPS) is 11.8. The number of aryl methyl sites for hydroxylation is 1. The number of aromatic nitrogens is 1. The molecule has 0 spiro atoms. The molecule has 0 unspecified atom stereocenters.